The van der Waals surface area contributed by atoms with Gasteiger partial charge in [0.05, 0.1) is 11.4 Å². The number of nitrogens with zero attached hydrogens (tertiary/aromatic N) is 1. The fraction of sp³-hybridized carbons (Fsp3) is 0.667. The van der Waals surface area contributed by atoms with Gasteiger partial charge in [-0.15, -0.1) is 11.3 Å². The topological polar surface area (TPSA) is 30.0 Å². The first-order valence-corrected chi connectivity index (χ1v) is 6.62. The van der Waals surface area contributed by atoms with Gasteiger partial charge in [0.1, 0.15) is 5.78 Å². The summed E-state index contributed by atoms with van der Waals surface area (Å²) in [6.45, 7) is 0. The number of carbonyl (C=O) groups is 1. The molecule has 82 valence electrons. The van der Waals surface area contributed by atoms with Crippen molar-refractivity contribution < 1.29 is 4.79 Å². The van der Waals surface area contributed by atoms with Crippen LogP contribution in [0.2, 0.25) is 0 Å². The second kappa shape index (κ2) is 5.40. The molecule has 1 saturated carbocycles. The van der Waals surface area contributed by atoms with Gasteiger partial charge in [-0.3, -0.25) is 4.79 Å². The molecule has 0 aliphatic heterocycles. The minimum atomic E-state index is 0.358. The van der Waals surface area contributed by atoms with Crippen molar-refractivity contribution in [1.82, 2.24) is 4.98 Å². The number of Topliss-reactive ketones (excluding diaryl/α,β-unsaturated/α-hetero) is 1. The highest BCUT2D eigenvalue weighted by molar-refractivity contribution is 7.09. The molecule has 0 saturated heterocycles. The van der Waals surface area contributed by atoms with E-state index in [9.17, 15) is 4.79 Å². The van der Waals surface area contributed by atoms with Crippen molar-refractivity contribution in [3.8, 4) is 0 Å². The predicted octanol–water partition coefficient (Wildman–Crippen LogP) is 3.23. The lowest BCUT2D eigenvalue weighted by atomic mass is 9.99. The van der Waals surface area contributed by atoms with E-state index in [-0.39, 0.29) is 0 Å². The van der Waals surface area contributed by atoms with Crippen LogP contribution < -0.4 is 0 Å². The molecule has 0 unspecified atom stereocenters. The lowest BCUT2D eigenvalue weighted by Gasteiger charge is -2.06. The Balaban J connectivity index is 1.68. The molecule has 2 rings (SSSR count). The summed E-state index contributed by atoms with van der Waals surface area (Å²) in [5, 5.41) is 2.89. The monoisotopic (exact) mass is 223 g/mol. The van der Waals surface area contributed by atoms with Gasteiger partial charge in [0.15, 0.2) is 0 Å². The summed E-state index contributed by atoms with van der Waals surface area (Å²) in [5.74, 6) is 1.18. The second-order valence-electron chi connectivity index (χ2n) is 4.33. The zero-order valence-corrected chi connectivity index (χ0v) is 9.76. The summed E-state index contributed by atoms with van der Waals surface area (Å²) in [7, 11) is 0. The lowest BCUT2D eigenvalue weighted by molar-refractivity contribution is -0.118. The highest BCUT2D eigenvalue weighted by Gasteiger charge is 2.16. The van der Waals surface area contributed by atoms with Gasteiger partial charge in [-0.05, 0) is 12.3 Å². The fourth-order valence-electron chi connectivity index (χ4n) is 2.26. The molecule has 2 nitrogen and oxygen atoms in total. The Morgan fingerprint density at radius 1 is 1.47 bits per heavy atom. The van der Waals surface area contributed by atoms with Crippen molar-refractivity contribution in [2.75, 3.05) is 0 Å². The van der Waals surface area contributed by atoms with Crippen LogP contribution in [0.3, 0.4) is 0 Å². The molecule has 0 N–H and O–H groups in total. The maximum Gasteiger partial charge on any atom is 0.139 e. The first-order chi connectivity index (χ1) is 7.34. The molecule has 0 aromatic carbocycles. The zero-order chi connectivity index (χ0) is 10.5. The fourth-order valence-corrected chi connectivity index (χ4v) is 2.91. The minimum Gasteiger partial charge on any atom is -0.299 e. The van der Waals surface area contributed by atoms with Gasteiger partial charge in [0.25, 0.3) is 0 Å². The van der Waals surface area contributed by atoms with E-state index < -0.39 is 0 Å². The first kappa shape index (κ1) is 10.8. The molecule has 0 radical (unpaired) electrons. The van der Waals surface area contributed by atoms with E-state index in [4.69, 9.17) is 0 Å². The third-order valence-electron chi connectivity index (χ3n) is 3.14. The molecule has 1 fully saturated rings. The van der Waals surface area contributed by atoms with Crippen LogP contribution in [0.15, 0.2) is 11.6 Å². The van der Waals surface area contributed by atoms with Gasteiger partial charge in [-0.2, -0.15) is 0 Å². The van der Waals surface area contributed by atoms with E-state index in [0.717, 1.165) is 23.8 Å². The molecule has 1 aliphatic carbocycles. The quantitative estimate of drug-likeness (QED) is 0.767. The van der Waals surface area contributed by atoms with Crippen LogP contribution in [0.5, 0.6) is 0 Å². The van der Waals surface area contributed by atoms with Crippen molar-refractivity contribution in [3.63, 3.8) is 0 Å². The Morgan fingerprint density at radius 2 is 2.27 bits per heavy atom. The third-order valence-corrected chi connectivity index (χ3v) is 3.92. The predicted molar refractivity (Wildman–Crippen MR) is 62.0 cm³/mol. The molecule has 0 atom stereocenters. The molecule has 0 amide bonds. The largest absolute Gasteiger partial charge is 0.299 e. The molecule has 1 aromatic heterocycles. The Morgan fingerprint density at radius 3 is 2.93 bits per heavy atom. The molecule has 3 heteroatoms. The Kier molecular flexibility index (Phi) is 3.89. The van der Waals surface area contributed by atoms with Crippen LogP contribution in [-0.2, 0) is 11.2 Å². The van der Waals surface area contributed by atoms with Gasteiger partial charge in [0, 0.05) is 18.0 Å². The van der Waals surface area contributed by atoms with E-state index in [1.165, 1.54) is 25.7 Å². The molecule has 0 spiro atoms. The van der Waals surface area contributed by atoms with Crippen molar-refractivity contribution >= 4 is 17.1 Å². The van der Waals surface area contributed by atoms with Crippen LogP contribution in [0.25, 0.3) is 0 Å². The van der Waals surface area contributed by atoms with Crippen molar-refractivity contribution in [2.24, 2.45) is 5.92 Å². The number of hydrogen-bond donors (Lipinski definition) is 0. The van der Waals surface area contributed by atoms with Crippen molar-refractivity contribution in [3.05, 3.63) is 16.6 Å². The van der Waals surface area contributed by atoms with Gasteiger partial charge in [-0.25, -0.2) is 4.98 Å². The minimum absolute atomic E-state index is 0.358. The van der Waals surface area contributed by atoms with Crippen LogP contribution in [0.1, 0.15) is 43.5 Å². The highest BCUT2D eigenvalue weighted by Crippen LogP contribution is 2.28. The maximum absolute atomic E-state index is 11.6. The average molecular weight is 223 g/mol. The number of hydrogen-bond acceptors (Lipinski definition) is 3. The molecule has 1 aromatic rings. The van der Waals surface area contributed by atoms with Crippen LogP contribution in [0, 0.1) is 5.92 Å². The van der Waals surface area contributed by atoms with Gasteiger partial charge < -0.3 is 0 Å². The SMILES string of the molecule is O=C(CCC1CCCC1)Cc1nccs1. The number of rotatable bonds is 5. The molecular weight excluding hydrogens is 206 g/mol. The van der Waals surface area contributed by atoms with Gasteiger partial charge in [0.2, 0.25) is 0 Å². The van der Waals surface area contributed by atoms with Crippen LogP contribution >= 0.6 is 11.3 Å². The molecular formula is C12H17NOS. The summed E-state index contributed by atoms with van der Waals surface area (Å²) >= 11 is 1.58. The molecule has 0 bridgehead atoms. The molecule has 15 heavy (non-hydrogen) atoms. The van der Waals surface area contributed by atoms with Gasteiger partial charge >= 0.3 is 0 Å². The first-order valence-electron chi connectivity index (χ1n) is 5.74. The maximum atomic E-state index is 11.6. The smallest absolute Gasteiger partial charge is 0.139 e. The number of ketones is 1. The molecule has 1 heterocycles. The second-order valence-corrected chi connectivity index (χ2v) is 5.31. The summed E-state index contributed by atoms with van der Waals surface area (Å²) in [4.78, 5) is 15.8. The summed E-state index contributed by atoms with van der Waals surface area (Å²) in [6, 6.07) is 0. The highest BCUT2D eigenvalue weighted by atomic mass is 32.1. The zero-order valence-electron chi connectivity index (χ0n) is 8.95. The third kappa shape index (κ3) is 3.42. The standard InChI is InChI=1S/C12H17NOS/c14-11(9-12-13-7-8-15-12)6-5-10-3-1-2-4-10/h7-8,10H,1-6,9H2. The van der Waals surface area contributed by atoms with E-state index in [1.54, 1.807) is 17.5 Å². The summed E-state index contributed by atoms with van der Waals surface area (Å²) in [6.07, 6.45) is 9.58. The van der Waals surface area contributed by atoms with Crippen LogP contribution in [0.4, 0.5) is 0 Å². The van der Waals surface area contributed by atoms with Crippen molar-refractivity contribution in [2.45, 2.75) is 44.9 Å². The number of thiazole rings is 1. The Labute approximate surface area is 94.7 Å². The van der Waals surface area contributed by atoms with E-state index in [1.807, 2.05) is 5.38 Å². The molecule has 1 aliphatic rings. The summed E-state index contributed by atoms with van der Waals surface area (Å²) in [5.41, 5.74) is 0. The Bertz CT molecular complexity index is 301. The van der Waals surface area contributed by atoms with E-state index >= 15 is 0 Å². The lowest BCUT2D eigenvalue weighted by Crippen LogP contribution is -2.05. The number of carbonyl (C=O) groups excluding carboxylic acids is 1. The van der Waals surface area contributed by atoms with E-state index in [0.29, 0.717) is 12.2 Å². The van der Waals surface area contributed by atoms with Gasteiger partial charge in [-0.1, -0.05) is 25.7 Å². The normalized spacial score (nSPS) is 17.1. The van der Waals surface area contributed by atoms with Crippen LogP contribution in [-0.4, -0.2) is 10.8 Å². The average Bonchev–Trinajstić information content (AvgIpc) is 2.86. The number of aromatic nitrogens is 1. The van der Waals surface area contributed by atoms with E-state index in [2.05, 4.69) is 4.98 Å². The Hall–Kier alpha value is -0.700. The summed E-state index contributed by atoms with van der Waals surface area (Å²) < 4.78 is 0. The van der Waals surface area contributed by atoms with Crippen molar-refractivity contribution in [1.29, 1.82) is 0 Å².